The fraction of sp³-hybridized carbons (Fsp3) is 0.250. The van der Waals surface area contributed by atoms with Gasteiger partial charge in [0.25, 0.3) is 0 Å². The number of nitrogens with two attached hydrogens (primary N) is 1. The summed E-state index contributed by atoms with van der Waals surface area (Å²) in [5.41, 5.74) is 7.26. The number of furan rings is 1. The lowest BCUT2D eigenvalue weighted by Crippen LogP contribution is -2.06. The number of nitrogen functional groups attached to an aromatic ring is 1. The maximum absolute atomic E-state index is 10.2. The normalized spacial score (nSPS) is 12.7. The van der Waals surface area contributed by atoms with Gasteiger partial charge in [-0.15, -0.1) is 0 Å². The van der Waals surface area contributed by atoms with E-state index >= 15 is 0 Å². The van der Waals surface area contributed by atoms with E-state index in [1.54, 1.807) is 18.3 Å². The number of anilines is 1. The summed E-state index contributed by atoms with van der Waals surface area (Å²) in [6.07, 6.45) is 0.760. The Morgan fingerprint density at radius 2 is 2.06 bits per heavy atom. The van der Waals surface area contributed by atoms with Crippen molar-refractivity contribution in [1.29, 1.82) is 0 Å². The van der Waals surface area contributed by atoms with Gasteiger partial charge in [-0.25, -0.2) is 4.98 Å². The van der Waals surface area contributed by atoms with Crippen LogP contribution < -0.4 is 5.73 Å². The Morgan fingerprint density at radius 1 is 1.31 bits per heavy atom. The highest BCUT2D eigenvalue weighted by atomic mass is 16.4. The van der Waals surface area contributed by atoms with E-state index in [0.717, 1.165) is 11.3 Å². The molecule has 4 heteroatoms. The fourth-order valence-electron chi connectivity index (χ4n) is 1.69. The van der Waals surface area contributed by atoms with Gasteiger partial charge in [-0.3, -0.25) is 0 Å². The van der Waals surface area contributed by atoms with Gasteiger partial charge in [-0.1, -0.05) is 0 Å². The highest BCUT2D eigenvalue weighted by molar-refractivity contribution is 5.47. The number of aliphatic hydroxyl groups is 1. The Bertz CT molecular complexity index is 485. The van der Waals surface area contributed by atoms with E-state index in [2.05, 4.69) is 4.98 Å². The summed E-state index contributed by atoms with van der Waals surface area (Å²) in [5, 5.41) is 10.2. The van der Waals surface area contributed by atoms with E-state index in [9.17, 15) is 5.11 Å². The quantitative estimate of drug-likeness (QED) is 0.808. The third-order valence-electron chi connectivity index (χ3n) is 2.54. The summed E-state index contributed by atoms with van der Waals surface area (Å²) in [7, 11) is 0. The molecule has 1 atom stereocenters. The lowest BCUT2D eigenvalue weighted by atomic mass is 10.0. The second-order valence-corrected chi connectivity index (χ2v) is 3.78. The summed E-state index contributed by atoms with van der Waals surface area (Å²) in [4.78, 5) is 3.97. The maximum atomic E-state index is 10.2. The van der Waals surface area contributed by atoms with Crippen molar-refractivity contribution >= 4 is 5.82 Å². The van der Waals surface area contributed by atoms with Crippen LogP contribution in [-0.2, 0) is 0 Å². The molecule has 16 heavy (non-hydrogen) atoms. The SMILES string of the molecule is Cc1ccc(C(O)c2c(C)ccnc2N)o1. The first-order valence-corrected chi connectivity index (χ1v) is 5.05. The largest absolute Gasteiger partial charge is 0.463 e. The van der Waals surface area contributed by atoms with Crippen LogP contribution in [0.25, 0.3) is 0 Å². The number of aromatic nitrogens is 1. The lowest BCUT2D eigenvalue weighted by molar-refractivity contribution is 0.187. The molecule has 2 heterocycles. The molecule has 2 aromatic heterocycles. The molecule has 3 N–H and O–H groups in total. The molecule has 0 radical (unpaired) electrons. The van der Waals surface area contributed by atoms with Crippen molar-refractivity contribution in [3.05, 3.63) is 47.0 Å². The van der Waals surface area contributed by atoms with E-state index in [1.807, 2.05) is 19.9 Å². The third kappa shape index (κ3) is 1.79. The standard InChI is InChI=1S/C12H14N2O2/c1-7-5-6-14-12(13)10(7)11(15)9-4-3-8(2)16-9/h3-6,11,15H,1-2H3,(H2,13,14). The summed E-state index contributed by atoms with van der Waals surface area (Å²) in [6.45, 7) is 3.71. The third-order valence-corrected chi connectivity index (χ3v) is 2.54. The van der Waals surface area contributed by atoms with E-state index in [-0.39, 0.29) is 0 Å². The van der Waals surface area contributed by atoms with Gasteiger partial charge in [0, 0.05) is 11.8 Å². The maximum Gasteiger partial charge on any atom is 0.140 e. The van der Waals surface area contributed by atoms with Crippen molar-refractivity contribution in [2.45, 2.75) is 20.0 Å². The van der Waals surface area contributed by atoms with Crippen LogP contribution in [-0.4, -0.2) is 10.1 Å². The van der Waals surface area contributed by atoms with E-state index in [1.165, 1.54) is 0 Å². The molecule has 0 bridgehead atoms. The molecular weight excluding hydrogens is 204 g/mol. The van der Waals surface area contributed by atoms with Crippen molar-refractivity contribution in [3.8, 4) is 0 Å². The Hall–Kier alpha value is -1.81. The Morgan fingerprint density at radius 3 is 2.62 bits per heavy atom. The van der Waals surface area contributed by atoms with Gasteiger partial charge in [-0.2, -0.15) is 0 Å². The molecule has 0 aromatic carbocycles. The van der Waals surface area contributed by atoms with Crippen LogP contribution in [0.4, 0.5) is 5.82 Å². The van der Waals surface area contributed by atoms with Gasteiger partial charge in [-0.05, 0) is 37.6 Å². The van der Waals surface area contributed by atoms with Gasteiger partial charge in [0.05, 0.1) is 0 Å². The first kappa shape index (κ1) is 10.7. The van der Waals surface area contributed by atoms with Crippen molar-refractivity contribution in [3.63, 3.8) is 0 Å². The minimum absolute atomic E-state index is 0.335. The minimum atomic E-state index is -0.859. The average Bonchev–Trinajstić information content (AvgIpc) is 2.64. The summed E-state index contributed by atoms with van der Waals surface area (Å²) in [6, 6.07) is 5.36. The average molecular weight is 218 g/mol. The molecule has 4 nitrogen and oxygen atoms in total. The number of aryl methyl sites for hydroxylation is 2. The number of pyridine rings is 1. The van der Waals surface area contributed by atoms with Crippen LogP contribution in [0.1, 0.15) is 28.8 Å². The van der Waals surface area contributed by atoms with Gasteiger partial charge >= 0.3 is 0 Å². The van der Waals surface area contributed by atoms with Gasteiger partial charge in [0.2, 0.25) is 0 Å². The molecule has 0 saturated heterocycles. The number of rotatable bonds is 2. The zero-order valence-corrected chi connectivity index (χ0v) is 9.27. The summed E-state index contributed by atoms with van der Waals surface area (Å²) >= 11 is 0. The van der Waals surface area contributed by atoms with Gasteiger partial charge < -0.3 is 15.3 Å². The smallest absolute Gasteiger partial charge is 0.140 e. The van der Waals surface area contributed by atoms with Crippen molar-refractivity contribution in [2.24, 2.45) is 0 Å². The molecule has 0 spiro atoms. The summed E-state index contributed by atoms with van der Waals surface area (Å²) in [5.74, 6) is 1.58. The highest BCUT2D eigenvalue weighted by Gasteiger charge is 2.19. The van der Waals surface area contributed by atoms with Crippen LogP contribution >= 0.6 is 0 Å². The molecule has 0 aliphatic rings. The second kappa shape index (κ2) is 3.98. The topological polar surface area (TPSA) is 72.3 Å². The molecule has 0 aliphatic carbocycles. The van der Waals surface area contributed by atoms with Crippen LogP contribution in [0.5, 0.6) is 0 Å². The number of nitrogens with zero attached hydrogens (tertiary/aromatic N) is 1. The van der Waals surface area contributed by atoms with E-state index < -0.39 is 6.10 Å². The van der Waals surface area contributed by atoms with Gasteiger partial charge in [0.1, 0.15) is 23.4 Å². The Balaban J connectivity index is 2.45. The predicted molar refractivity (Wildman–Crippen MR) is 60.9 cm³/mol. The van der Waals surface area contributed by atoms with Crippen LogP contribution in [0, 0.1) is 13.8 Å². The predicted octanol–water partition coefficient (Wildman–Crippen LogP) is 1.96. The van der Waals surface area contributed by atoms with Crippen molar-refractivity contribution in [2.75, 3.05) is 5.73 Å². The molecule has 2 rings (SSSR count). The fourth-order valence-corrected chi connectivity index (χ4v) is 1.69. The highest BCUT2D eigenvalue weighted by Crippen LogP contribution is 2.29. The number of hydrogen-bond donors (Lipinski definition) is 2. The molecule has 0 amide bonds. The van der Waals surface area contributed by atoms with Crippen LogP contribution in [0.2, 0.25) is 0 Å². The van der Waals surface area contributed by atoms with Crippen LogP contribution in [0.15, 0.2) is 28.8 Å². The molecule has 0 saturated carbocycles. The van der Waals surface area contributed by atoms with E-state index in [0.29, 0.717) is 17.1 Å². The first-order chi connectivity index (χ1) is 7.59. The zero-order chi connectivity index (χ0) is 11.7. The zero-order valence-electron chi connectivity index (χ0n) is 9.27. The molecule has 84 valence electrons. The summed E-state index contributed by atoms with van der Waals surface area (Å²) < 4.78 is 5.38. The Labute approximate surface area is 93.7 Å². The molecule has 0 aliphatic heterocycles. The van der Waals surface area contributed by atoms with Crippen LogP contribution in [0.3, 0.4) is 0 Å². The van der Waals surface area contributed by atoms with Crippen molar-refractivity contribution in [1.82, 2.24) is 4.98 Å². The van der Waals surface area contributed by atoms with E-state index in [4.69, 9.17) is 10.2 Å². The lowest BCUT2D eigenvalue weighted by Gasteiger charge is -2.13. The molecule has 2 aromatic rings. The second-order valence-electron chi connectivity index (χ2n) is 3.78. The molecule has 1 unspecified atom stereocenters. The molecular formula is C12H14N2O2. The number of aliphatic hydroxyl groups excluding tert-OH is 1. The first-order valence-electron chi connectivity index (χ1n) is 5.05. The Kier molecular flexibility index (Phi) is 2.66. The molecule has 0 fully saturated rings. The van der Waals surface area contributed by atoms with Gasteiger partial charge in [0.15, 0.2) is 0 Å². The van der Waals surface area contributed by atoms with Crippen molar-refractivity contribution < 1.29 is 9.52 Å². The number of hydrogen-bond acceptors (Lipinski definition) is 4. The minimum Gasteiger partial charge on any atom is -0.463 e. The monoisotopic (exact) mass is 218 g/mol.